The average molecular weight is 723 g/mol. The Balaban J connectivity index is 0.00000204. The summed E-state index contributed by atoms with van der Waals surface area (Å²) in [6.45, 7) is 9.27. The molecule has 0 fully saturated rings. The smallest absolute Gasteiger partial charge is 0.147 e. The van der Waals surface area contributed by atoms with Crippen molar-refractivity contribution >= 4 is 48.2 Å². The van der Waals surface area contributed by atoms with E-state index in [4.69, 9.17) is 0 Å². The summed E-state index contributed by atoms with van der Waals surface area (Å²) in [5.41, 5.74) is 11.8. The van der Waals surface area contributed by atoms with Gasteiger partial charge in [0.1, 0.15) is 0 Å². The topological polar surface area (TPSA) is 0 Å². The Morgan fingerprint density at radius 3 is 1.26 bits per heavy atom. The zero-order valence-electron chi connectivity index (χ0n) is 21.6. The molecular weight excluding hydrogens is 682 g/mol. The van der Waals surface area contributed by atoms with Crippen molar-refractivity contribution in [3.8, 4) is 0 Å². The minimum Gasteiger partial charge on any atom is -0.147 e. The minimum absolute atomic E-state index is 0. The average Bonchev–Trinajstić information content (AvgIpc) is 3.37. The fourth-order valence-corrected chi connectivity index (χ4v) is 36.3. The third kappa shape index (κ3) is 5.38. The molecule has 2 aromatic carbocycles. The molecule has 34 heavy (non-hydrogen) atoms. The first-order valence-electron chi connectivity index (χ1n) is 12.2. The van der Waals surface area contributed by atoms with E-state index in [1.165, 1.54) is 45.6 Å². The van der Waals surface area contributed by atoms with Gasteiger partial charge in [-0.05, 0) is 0 Å². The van der Waals surface area contributed by atoms with Crippen molar-refractivity contribution in [3.63, 3.8) is 0 Å². The molecule has 0 bridgehead atoms. The predicted molar refractivity (Wildman–Crippen MR) is 157 cm³/mol. The summed E-state index contributed by atoms with van der Waals surface area (Å²) in [4.78, 5) is 0. The second-order valence-corrected chi connectivity index (χ2v) is 70.7. The molecular formula is C30H40Cl2GeHf. The van der Waals surface area contributed by atoms with Crippen molar-refractivity contribution in [3.05, 3.63) is 101 Å². The van der Waals surface area contributed by atoms with E-state index in [1.54, 1.807) is 11.1 Å². The number of rotatable bonds is 6. The van der Waals surface area contributed by atoms with Gasteiger partial charge in [-0.3, -0.25) is 0 Å². The Morgan fingerprint density at radius 2 is 0.971 bits per heavy atom. The minimum atomic E-state index is -3.28. The van der Waals surface area contributed by atoms with Crippen molar-refractivity contribution in [2.45, 2.75) is 62.7 Å². The van der Waals surface area contributed by atoms with Gasteiger partial charge in [0.2, 0.25) is 0 Å². The third-order valence-corrected chi connectivity index (χ3v) is 40.7. The zero-order valence-corrected chi connectivity index (χ0v) is 29.8. The van der Waals surface area contributed by atoms with E-state index in [0.29, 0.717) is 0 Å². The van der Waals surface area contributed by atoms with E-state index in [9.17, 15) is 0 Å². The number of hydrogen-bond donors (Lipinski definition) is 0. The summed E-state index contributed by atoms with van der Waals surface area (Å²) in [7, 11) is 0. The Morgan fingerprint density at radius 1 is 0.647 bits per heavy atom. The normalized spacial score (nSPS) is 16.2. The molecule has 182 valence electrons. The summed E-state index contributed by atoms with van der Waals surface area (Å²) in [5.74, 6) is 0. The molecule has 2 aliphatic rings. The largest absolute Gasteiger partial charge is 0.147 e. The molecule has 0 radical (unpaired) electrons. The maximum atomic E-state index is 2.72. The molecule has 0 heterocycles. The van der Waals surface area contributed by atoms with Gasteiger partial charge in [0.05, 0.1) is 0 Å². The maximum Gasteiger partial charge on any atom is -0.147 e. The van der Waals surface area contributed by atoms with Crippen LogP contribution < -0.4 is 0 Å². The number of allylic oxidation sites excluding steroid dienone is 8. The van der Waals surface area contributed by atoms with E-state index < -0.39 is 15.4 Å². The Labute approximate surface area is 225 Å². The van der Waals surface area contributed by atoms with Crippen molar-refractivity contribution in [1.29, 1.82) is 0 Å². The molecule has 2 aliphatic carbocycles. The first-order valence-corrected chi connectivity index (χ1v) is 37.7. The van der Waals surface area contributed by atoms with E-state index in [1.807, 2.05) is 6.66 Å². The molecule has 0 unspecified atom stereocenters. The molecule has 0 spiro atoms. The quantitative estimate of drug-likeness (QED) is 0.262. The van der Waals surface area contributed by atoms with Crippen molar-refractivity contribution < 1.29 is 15.4 Å². The monoisotopic (exact) mass is 724 g/mol. The van der Waals surface area contributed by atoms with Crippen LogP contribution in [0.2, 0.25) is 9.36 Å². The van der Waals surface area contributed by atoms with Crippen LogP contribution in [0.4, 0.5) is 0 Å². The van der Waals surface area contributed by atoms with Crippen molar-refractivity contribution in [2.24, 2.45) is 0 Å². The number of halogens is 2. The summed E-state index contributed by atoms with van der Waals surface area (Å²) >= 11 is -1.83. The van der Waals surface area contributed by atoms with Gasteiger partial charge in [-0.15, -0.1) is 24.8 Å². The summed E-state index contributed by atoms with van der Waals surface area (Å²) < 4.78 is 9.12. The number of aryl methyl sites for hydroxylation is 2. The first-order chi connectivity index (χ1) is 15.1. The van der Waals surface area contributed by atoms with E-state index >= 15 is 0 Å². The van der Waals surface area contributed by atoms with Gasteiger partial charge in [0.25, 0.3) is 0 Å². The molecule has 0 nitrogen and oxygen atoms in total. The standard InChI is InChI=1S/2C14H15.2CH3.2ClH.GeH2.Hf/c2*1-3-12-7-9-13(10-8-12)14-6-4-5-11(14)2;;;;;;/h2*6-10H,3-4H2,1-2H3;2*1H3;2*1H;1H2;. The van der Waals surface area contributed by atoms with Crippen LogP contribution in [-0.2, 0) is 28.2 Å². The van der Waals surface area contributed by atoms with Crippen LogP contribution in [0.15, 0.2) is 78.5 Å². The van der Waals surface area contributed by atoms with E-state index in [0.717, 1.165) is 25.7 Å². The maximum absolute atomic E-state index is 3.28. The van der Waals surface area contributed by atoms with Gasteiger partial charge in [-0.1, -0.05) is 0 Å². The fraction of sp³-hybridized carbons (Fsp3) is 0.333. The summed E-state index contributed by atoms with van der Waals surface area (Å²) in [6, 6.07) is 18.5. The van der Waals surface area contributed by atoms with Crippen LogP contribution in [0.5, 0.6) is 0 Å². The number of benzene rings is 2. The van der Waals surface area contributed by atoms with Crippen LogP contribution in [-0.4, -0.2) is 12.2 Å². The van der Waals surface area contributed by atoms with Crippen molar-refractivity contribution in [2.75, 3.05) is 0 Å². The molecule has 2 aromatic rings. The zero-order chi connectivity index (χ0) is 23.1. The van der Waals surface area contributed by atoms with E-state index in [-0.39, 0.29) is 24.8 Å². The summed E-state index contributed by atoms with van der Waals surface area (Å²) in [5, 5.41) is 0. The predicted octanol–water partition coefficient (Wildman–Crippen LogP) is 8.81. The van der Waals surface area contributed by atoms with Gasteiger partial charge < -0.3 is 0 Å². The molecule has 0 aliphatic heterocycles. The fourth-order valence-electron chi connectivity index (χ4n) is 5.89. The van der Waals surface area contributed by atoms with Gasteiger partial charge in [0, 0.05) is 0 Å². The van der Waals surface area contributed by atoms with Gasteiger partial charge in [-0.2, -0.15) is 0 Å². The SMILES string of the molecule is CCc1ccc(C2=CC[C]([Hf]([CH3])([CH3])(=[GeH2])[C]3=C(C)C(c4ccc(CC)cc4)=CC3)=C2C)cc1.Cl.Cl. The van der Waals surface area contributed by atoms with Crippen molar-refractivity contribution in [1.82, 2.24) is 0 Å². The van der Waals surface area contributed by atoms with E-state index in [2.05, 4.69) is 97.7 Å². The van der Waals surface area contributed by atoms with Gasteiger partial charge in [-0.25, -0.2) is 0 Å². The van der Waals surface area contributed by atoms with Crippen LogP contribution in [0.3, 0.4) is 0 Å². The molecule has 0 saturated carbocycles. The Kier molecular flexibility index (Phi) is 9.76. The first kappa shape index (κ1) is 29.6. The van der Waals surface area contributed by atoms with Crippen LogP contribution in [0.1, 0.15) is 62.8 Å². The second-order valence-electron chi connectivity index (χ2n) is 10.6. The molecule has 0 atom stereocenters. The molecule has 0 saturated heterocycles. The molecule has 0 aromatic heterocycles. The summed E-state index contributed by atoms with van der Waals surface area (Å²) in [6.07, 6.45) is 9.58. The van der Waals surface area contributed by atoms with Gasteiger partial charge >= 0.3 is 202 Å². The Hall–Kier alpha value is -0.607. The molecule has 4 rings (SSSR count). The van der Waals surface area contributed by atoms with Crippen LogP contribution >= 0.6 is 24.8 Å². The van der Waals surface area contributed by atoms with Gasteiger partial charge in [0.15, 0.2) is 0 Å². The Bertz CT molecular complexity index is 1160. The molecule has 0 amide bonds. The molecule has 0 N–H and O–H groups in total. The number of hydrogen-bond acceptors (Lipinski definition) is 0. The second kappa shape index (κ2) is 11.2. The molecule has 4 heteroatoms. The van der Waals surface area contributed by atoms with Crippen LogP contribution in [0.25, 0.3) is 11.1 Å². The van der Waals surface area contributed by atoms with Crippen LogP contribution in [0, 0.1) is 0 Å². The third-order valence-electron chi connectivity index (χ3n) is 8.02.